The van der Waals surface area contributed by atoms with E-state index in [0.717, 1.165) is 11.3 Å². The van der Waals surface area contributed by atoms with Crippen LogP contribution in [0.1, 0.15) is 43.7 Å². The second-order valence-corrected chi connectivity index (χ2v) is 6.77. The number of nitrogens with zero attached hydrogens (tertiary/aromatic N) is 1. The predicted molar refractivity (Wildman–Crippen MR) is 93.5 cm³/mol. The van der Waals surface area contributed by atoms with Crippen LogP contribution in [0.5, 0.6) is 11.5 Å². The van der Waals surface area contributed by atoms with Crippen LogP contribution in [0.4, 0.5) is 0 Å². The van der Waals surface area contributed by atoms with Crippen LogP contribution in [-0.4, -0.2) is 36.1 Å². The average Bonchev–Trinajstić information content (AvgIpc) is 3.03. The number of ether oxygens (including phenoxy) is 2. The Bertz CT molecular complexity index is 662. The van der Waals surface area contributed by atoms with Crippen molar-refractivity contribution >= 4 is 0 Å². The molecular weight excluding hydrogens is 306 g/mol. The van der Waals surface area contributed by atoms with Gasteiger partial charge in [0.25, 0.3) is 0 Å². The highest BCUT2D eigenvalue weighted by molar-refractivity contribution is 5.41. The molecule has 0 fully saturated rings. The number of benzene rings is 1. The molecule has 24 heavy (non-hydrogen) atoms. The van der Waals surface area contributed by atoms with Crippen LogP contribution in [0.15, 0.2) is 24.4 Å². The number of aliphatic hydroxyl groups excluding tert-OH is 1. The predicted octanol–water partition coefficient (Wildman–Crippen LogP) is 2.55. The molecule has 0 aliphatic heterocycles. The van der Waals surface area contributed by atoms with E-state index in [-0.39, 0.29) is 5.41 Å². The highest BCUT2D eigenvalue weighted by Crippen LogP contribution is 2.29. The fraction of sp³-hybridized carbons (Fsp3) is 0.500. The van der Waals surface area contributed by atoms with Crippen molar-refractivity contribution in [1.82, 2.24) is 15.5 Å². The van der Waals surface area contributed by atoms with Gasteiger partial charge in [0.05, 0.1) is 26.5 Å². The van der Waals surface area contributed by atoms with Gasteiger partial charge in [-0.2, -0.15) is 5.10 Å². The molecule has 0 unspecified atom stereocenters. The lowest BCUT2D eigenvalue weighted by atomic mass is 9.89. The van der Waals surface area contributed by atoms with E-state index in [1.54, 1.807) is 26.4 Å². The Morgan fingerprint density at radius 1 is 1.25 bits per heavy atom. The van der Waals surface area contributed by atoms with E-state index in [0.29, 0.717) is 30.2 Å². The van der Waals surface area contributed by atoms with E-state index in [9.17, 15) is 5.11 Å². The number of hydrogen-bond acceptors (Lipinski definition) is 5. The standard InChI is InChI=1S/C18H27N3O3/c1-18(2,3)17-12(10-20-21-17)9-19-11-15(22)14-8-13(23-4)6-7-16(14)24-5/h6-8,10,15,19,22H,9,11H2,1-5H3,(H,20,21)/t15-/m0/s1. The Morgan fingerprint density at radius 3 is 2.62 bits per heavy atom. The van der Waals surface area contributed by atoms with Gasteiger partial charge in [-0.25, -0.2) is 0 Å². The number of methoxy groups -OCH3 is 2. The summed E-state index contributed by atoms with van der Waals surface area (Å²) in [5, 5.41) is 21.0. The molecule has 1 atom stereocenters. The number of hydrogen-bond donors (Lipinski definition) is 3. The minimum atomic E-state index is -0.694. The lowest BCUT2D eigenvalue weighted by Gasteiger charge is -2.19. The average molecular weight is 333 g/mol. The van der Waals surface area contributed by atoms with Gasteiger partial charge in [0.15, 0.2) is 0 Å². The Kier molecular flexibility index (Phi) is 5.85. The van der Waals surface area contributed by atoms with Crippen molar-refractivity contribution in [3.63, 3.8) is 0 Å². The van der Waals surface area contributed by atoms with Crippen LogP contribution >= 0.6 is 0 Å². The SMILES string of the molecule is COc1ccc(OC)c([C@@H](O)CNCc2cn[nH]c2C(C)(C)C)c1. The first-order chi connectivity index (χ1) is 11.4. The quantitative estimate of drug-likeness (QED) is 0.726. The third kappa shape index (κ3) is 4.27. The number of aliphatic hydroxyl groups is 1. The van der Waals surface area contributed by atoms with E-state index in [1.165, 1.54) is 0 Å². The summed E-state index contributed by atoms with van der Waals surface area (Å²) in [6.07, 6.45) is 1.13. The molecule has 1 aromatic carbocycles. The van der Waals surface area contributed by atoms with Gasteiger partial charge in [-0.15, -0.1) is 0 Å². The van der Waals surface area contributed by atoms with Crippen molar-refractivity contribution in [3.05, 3.63) is 41.2 Å². The van der Waals surface area contributed by atoms with Gasteiger partial charge in [0.1, 0.15) is 11.5 Å². The summed E-state index contributed by atoms with van der Waals surface area (Å²) in [6.45, 7) is 7.45. The van der Waals surface area contributed by atoms with Gasteiger partial charge < -0.3 is 19.9 Å². The third-order valence-corrected chi connectivity index (χ3v) is 3.92. The van der Waals surface area contributed by atoms with E-state index in [2.05, 4.69) is 36.3 Å². The number of rotatable bonds is 7. The summed E-state index contributed by atoms with van der Waals surface area (Å²) < 4.78 is 10.5. The smallest absolute Gasteiger partial charge is 0.124 e. The van der Waals surface area contributed by atoms with Crippen LogP contribution in [0.3, 0.4) is 0 Å². The molecule has 2 aromatic rings. The van der Waals surface area contributed by atoms with Crippen molar-refractivity contribution in [3.8, 4) is 11.5 Å². The molecule has 0 aliphatic carbocycles. The molecule has 1 aromatic heterocycles. The van der Waals surface area contributed by atoms with Crippen molar-refractivity contribution in [2.45, 2.75) is 38.8 Å². The van der Waals surface area contributed by atoms with Gasteiger partial charge in [-0.3, -0.25) is 5.10 Å². The first-order valence-corrected chi connectivity index (χ1v) is 8.00. The zero-order valence-electron chi connectivity index (χ0n) is 15.0. The minimum absolute atomic E-state index is 0.00213. The first-order valence-electron chi connectivity index (χ1n) is 8.00. The van der Waals surface area contributed by atoms with Crippen LogP contribution in [0.25, 0.3) is 0 Å². The summed E-state index contributed by atoms with van der Waals surface area (Å²) in [5.74, 6) is 1.33. The fourth-order valence-corrected chi connectivity index (χ4v) is 2.65. The first kappa shape index (κ1) is 18.3. The molecule has 0 amide bonds. The van der Waals surface area contributed by atoms with Gasteiger partial charge in [-0.1, -0.05) is 20.8 Å². The maximum atomic E-state index is 10.5. The molecule has 2 rings (SSSR count). The van der Waals surface area contributed by atoms with Crippen LogP contribution < -0.4 is 14.8 Å². The van der Waals surface area contributed by atoms with Crippen molar-refractivity contribution in [2.24, 2.45) is 0 Å². The normalized spacial score (nSPS) is 12.9. The maximum Gasteiger partial charge on any atom is 0.124 e. The summed E-state index contributed by atoms with van der Waals surface area (Å²) >= 11 is 0. The topological polar surface area (TPSA) is 79.4 Å². The number of nitrogens with one attached hydrogen (secondary N) is 2. The maximum absolute atomic E-state index is 10.5. The second-order valence-electron chi connectivity index (χ2n) is 6.77. The molecule has 0 saturated carbocycles. The Balaban J connectivity index is 2.02. The zero-order valence-corrected chi connectivity index (χ0v) is 15.0. The Labute approximate surface area is 143 Å². The van der Waals surface area contributed by atoms with E-state index >= 15 is 0 Å². The highest BCUT2D eigenvalue weighted by Gasteiger charge is 2.20. The van der Waals surface area contributed by atoms with Crippen molar-refractivity contribution in [1.29, 1.82) is 0 Å². The van der Waals surface area contributed by atoms with Gasteiger partial charge >= 0.3 is 0 Å². The molecule has 0 aliphatic rings. The lowest BCUT2D eigenvalue weighted by Crippen LogP contribution is -2.23. The van der Waals surface area contributed by atoms with E-state index in [4.69, 9.17) is 9.47 Å². The molecule has 0 saturated heterocycles. The van der Waals surface area contributed by atoms with Gasteiger partial charge in [0.2, 0.25) is 0 Å². The molecule has 6 nitrogen and oxygen atoms in total. The van der Waals surface area contributed by atoms with Gasteiger partial charge in [0, 0.05) is 35.3 Å². The highest BCUT2D eigenvalue weighted by atomic mass is 16.5. The fourth-order valence-electron chi connectivity index (χ4n) is 2.65. The summed E-state index contributed by atoms with van der Waals surface area (Å²) in [7, 11) is 3.19. The number of aromatic nitrogens is 2. The molecule has 0 radical (unpaired) electrons. The monoisotopic (exact) mass is 333 g/mol. The summed E-state index contributed by atoms with van der Waals surface area (Å²) in [4.78, 5) is 0. The van der Waals surface area contributed by atoms with E-state index in [1.807, 2.05) is 12.3 Å². The van der Waals surface area contributed by atoms with Crippen molar-refractivity contribution in [2.75, 3.05) is 20.8 Å². The van der Waals surface area contributed by atoms with Gasteiger partial charge in [-0.05, 0) is 18.2 Å². The second kappa shape index (κ2) is 7.68. The lowest BCUT2D eigenvalue weighted by molar-refractivity contribution is 0.169. The van der Waals surface area contributed by atoms with Crippen LogP contribution in [0, 0.1) is 0 Å². The zero-order chi connectivity index (χ0) is 17.7. The molecular formula is C18H27N3O3. The summed E-state index contributed by atoms with van der Waals surface area (Å²) in [6, 6.07) is 5.40. The van der Waals surface area contributed by atoms with E-state index < -0.39 is 6.10 Å². The minimum Gasteiger partial charge on any atom is -0.497 e. The molecule has 6 heteroatoms. The molecule has 0 spiro atoms. The largest absolute Gasteiger partial charge is 0.497 e. The third-order valence-electron chi connectivity index (χ3n) is 3.92. The Hall–Kier alpha value is -2.05. The molecule has 3 N–H and O–H groups in total. The van der Waals surface area contributed by atoms with Crippen LogP contribution in [0.2, 0.25) is 0 Å². The summed E-state index contributed by atoms with van der Waals surface area (Å²) in [5.41, 5.74) is 2.91. The Morgan fingerprint density at radius 2 is 2.00 bits per heavy atom. The molecule has 132 valence electrons. The van der Waals surface area contributed by atoms with Crippen LogP contribution in [-0.2, 0) is 12.0 Å². The molecule has 0 bridgehead atoms. The molecule has 1 heterocycles. The number of H-pyrrole nitrogens is 1. The van der Waals surface area contributed by atoms with Crippen molar-refractivity contribution < 1.29 is 14.6 Å². The number of aromatic amines is 1.